The Kier molecular flexibility index (Phi) is 4.17. The highest BCUT2D eigenvalue weighted by molar-refractivity contribution is 5.70. The average molecular weight is 205 g/mol. The van der Waals surface area contributed by atoms with Gasteiger partial charge in [-0.05, 0) is 13.0 Å². The Morgan fingerprint density at radius 3 is 2.93 bits per heavy atom. The Hall–Kier alpha value is -2.02. The topological polar surface area (TPSA) is 59.4 Å². The molecule has 0 spiro atoms. The van der Waals surface area contributed by atoms with Gasteiger partial charge in [-0.1, -0.05) is 11.8 Å². The van der Waals surface area contributed by atoms with E-state index in [0.29, 0.717) is 18.1 Å². The van der Waals surface area contributed by atoms with E-state index in [-0.39, 0.29) is 6.42 Å². The van der Waals surface area contributed by atoms with Crippen molar-refractivity contribution in [2.24, 2.45) is 0 Å². The Morgan fingerprint density at radius 2 is 2.40 bits per heavy atom. The molecule has 78 valence electrons. The molecule has 1 rings (SSSR count). The van der Waals surface area contributed by atoms with Gasteiger partial charge in [-0.15, -0.1) is 0 Å². The van der Waals surface area contributed by atoms with Gasteiger partial charge in [0.15, 0.2) is 0 Å². The van der Waals surface area contributed by atoms with Gasteiger partial charge in [0, 0.05) is 17.8 Å². The molecule has 0 aliphatic heterocycles. The Balaban J connectivity index is 2.62. The van der Waals surface area contributed by atoms with Gasteiger partial charge in [-0.3, -0.25) is 4.79 Å². The van der Waals surface area contributed by atoms with E-state index in [0.717, 1.165) is 0 Å². The highest BCUT2D eigenvalue weighted by Gasteiger charge is 1.93. The SMILES string of the molecule is CCOc1ccc(C#CCC(=O)O)cn1. The molecule has 1 aromatic rings. The van der Waals surface area contributed by atoms with Gasteiger partial charge in [0.25, 0.3) is 0 Å². The molecular formula is C11H11NO3. The molecule has 1 heterocycles. The number of hydrogen-bond donors (Lipinski definition) is 1. The van der Waals surface area contributed by atoms with Crippen LogP contribution in [0.2, 0.25) is 0 Å². The van der Waals surface area contributed by atoms with Crippen LogP contribution in [0.4, 0.5) is 0 Å². The molecule has 15 heavy (non-hydrogen) atoms. The number of ether oxygens (including phenoxy) is 1. The number of rotatable bonds is 3. The first kappa shape index (κ1) is 11.1. The van der Waals surface area contributed by atoms with Crippen LogP contribution in [0.5, 0.6) is 5.88 Å². The number of carbonyl (C=O) groups is 1. The summed E-state index contributed by atoms with van der Waals surface area (Å²) >= 11 is 0. The van der Waals surface area contributed by atoms with Crippen molar-refractivity contribution >= 4 is 5.97 Å². The molecule has 0 bridgehead atoms. The second-order valence-electron chi connectivity index (χ2n) is 2.69. The predicted molar refractivity (Wildman–Crippen MR) is 54.5 cm³/mol. The van der Waals surface area contributed by atoms with Crippen molar-refractivity contribution in [1.82, 2.24) is 4.98 Å². The van der Waals surface area contributed by atoms with Gasteiger partial charge >= 0.3 is 5.97 Å². The van der Waals surface area contributed by atoms with Crippen molar-refractivity contribution < 1.29 is 14.6 Å². The molecule has 4 heteroatoms. The molecule has 1 aromatic heterocycles. The van der Waals surface area contributed by atoms with Crippen LogP contribution >= 0.6 is 0 Å². The van der Waals surface area contributed by atoms with E-state index in [1.807, 2.05) is 6.92 Å². The van der Waals surface area contributed by atoms with Crippen molar-refractivity contribution in [3.8, 4) is 17.7 Å². The number of carboxylic acids is 1. The quantitative estimate of drug-likeness (QED) is 0.756. The second-order valence-corrected chi connectivity index (χ2v) is 2.69. The zero-order valence-electron chi connectivity index (χ0n) is 8.36. The molecule has 0 aromatic carbocycles. The number of pyridine rings is 1. The molecule has 4 nitrogen and oxygen atoms in total. The van der Waals surface area contributed by atoms with Crippen molar-refractivity contribution in [3.05, 3.63) is 23.9 Å². The lowest BCUT2D eigenvalue weighted by molar-refractivity contribution is -0.135. The van der Waals surface area contributed by atoms with Crippen LogP contribution in [0.3, 0.4) is 0 Å². The van der Waals surface area contributed by atoms with Crippen molar-refractivity contribution in [2.45, 2.75) is 13.3 Å². The highest BCUT2D eigenvalue weighted by Crippen LogP contribution is 2.06. The van der Waals surface area contributed by atoms with Gasteiger partial charge in [-0.2, -0.15) is 0 Å². The molecule has 0 saturated heterocycles. The normalized spacial score (nSPS) is 8.87. The molecule has 0 atom stereocenters. The number of hydrogen-bond acceptors (Lipinski definition) is 3. The molecule has 0 aliphatic rings. The summed E-state index contributed by atoms with van der Waals surface area (Å²) in [5, 5.41) is 8.37. The van der Waals surface area contributed by atoms with E-state index in [1.54, 1.807) is 18.3 Å². The van der Waals surface area contributed by atoms with E-state index < -0.39 is 5.97 Å². The Labute approximate surface area is 87.9 Å². The van der Waals surface area contributed by atoms with E-state index in [1.165, 1.54) is 0 Å². The van der Waals surface area contributed by atoms with Crippen LogP contribution in [-0.2, 0) is 4.79 Å². The summed E-state index contributed by atoms with van der Waals surface area (Å²) in [4.78, 5) is 14.2. The zero-order valence-corrected chi connectivity index (χ0v) is 8.36. The first-order valence-corrected chi connectivity index (χ1v) is 4.52. The van der Waals surface area contributed by atoms with Gasteiger partial charge < -0.3 is 9.84 Å². The number of nitrogens with zero attached hydrogens (tertiary/aromatic N) is 1. The first-order valence-electron chi connectivity index (χ1n) is 4.52. The lowest BCUT2D eigenvalue weighted by atomic mass is 10.3. The number of aliphatic carboxylic acids is 1. The standard InChI is InChI=1S/C11H11NO3/c1-2-15-10-7-6-9(8-12-10)4-3-5-11(13)14/h6-8H,2,5H2,1H3,(H,13,14). The molecule has 0 amide bonds. The molecule has 0 unspecified atom stereocenters. The molecule has 0 fully saturated rings. The lowest BCUT2D eigenvalue weighted by Gasteiger charge is -1.99. The molecular weight excluding hydrogens is 194 g/mol. The summed E-state index contributed by atoms with van der Waals surface area (Å²) in [5.41, 5.74) is 0.680. The summed E-state index contributed by atoms with van der Waals surface area (Å²) in [6.07, 6.45) is 1.40. The van der Waals surface area contributed by atoms with Crippen LogP contribution in [0.15, 0.2) is 18.3 Å². The van der Waals surface area contributed by atoms with E-state index in [2.05, 4.69) is 16.8 Å². The predicted octanol–water partition coefficient (Wildman–Crippen LogP) is 1.31. The second kappa shape index (κ2) is 5.66. The van der Waals surface area contributed by atoms with Crippen LogP contribution < -0.4 is 4.74 Å². The minimum Gasteiger partial charge on any atom is -0.481 e. The van der Waals surface area contributed by atoms with Gasteiger partial charge in [-0.25, -0.2) is 4.98 Å². The Morgan fingerprint density at radius 1 is 1.60 bits per heavy atom. The van der Waals surface area contributed by atoms with E-state index >= 15 is 0 Å². The minimum atomic E-state index is -0.929. The summed E-state index contributed by atoms with van der Waals surface area (Å²) < 4.78 is 5.15. The summed E-state index contributed by atoms with van der Waals surface area (Å²) in [6, 6.07) is 3.45. The van der Waals surface area contributed by atoms with Gasteiger partial charge in [0.05, 0.1) is 6.61 Å². The summed E-state index contributed by atoms with van der Waals surface area (Å²) in [6.45, 7) is 2.44. The maximum atomic E-state index is 10.2. The van der Waals surface area contributed by atoms with Crippen molar-refractivity contribution in [1.29, 1.82) is 0 Å². The fraction of sp³-hybridized carbons (Fsp3) is 0.273. The smallest absolute Gasteiger partial charge is 0.315 e. The number of aromatic nitrogens is 1. The lowest BCUT2D eigenvalue weighted by Crippen LogP contribution is -1.94. The number of carboxylic acid groups (broad SMARTS) is 1. The third-order valence-corrected chi connectivity index (χ3v) is 1.50. The van der Waals surface area contributed by atoms with Gasteiger partial charge in [0.2, 0.25) is 5.88 Å². The van der Waals surface area contributed by atoms with Crippen LogP contribution in [-0.4, -0.2) is 22.7 Å². The fourth-order valence-electron chi connectivity index (χ4n) is 0.909. The van der Waals surface area contributed by atoms with Crippen LogP contribution in [0.25, 0.3) is 0 Å². The third-order valence-electron chi connectivity index (χ3n) is 1.50. The molecule has 1 N–H and O–H groups in total. The van der Waals surface area contributed by atoms with E-state index in [4.69, 9.17) is 9.84 Å². The molecule has 0 saturated carbocycles. The highest BCUT2D eigenvalue weighted by atomic mass is 16.5. The summed E-state index contributed by atoms with van der Waals surface area (Å²) in [5.74, 6) is 4.83. The Bertz CT molecular complexity index is 387. The van der Waals surface area contributed by atoms with E-state index in [9.17, 15) is 4.79 Å². The monoisotopic (exact) mass is 205 g/mol. The average Bonchev–Trinajstić information content (AvgIpc) is 2.20. The maximum absolute atomic E-state index is 10.2. The summed E-state index contributed by atoms with van der Waals surface area (Å²) in [7, 11) is 0. The fourth-order valence-corrected chi connectivity index (χ4v) is 0.909. The zero-order chi connectivity index (χ0) is 11.1. The minimum absolute atomic E-state index is 0.160. The largest absolute Gasteiger partial charge is 0.481 e. The van der Waals surface area contributed by atoms with Gasteiger partial charge in [0.1, 0.15) is 6.42 Å². The van der Waals surface area contributed by atoms with Crippen LogP contribution in [0, 0.1) is 11.8 Å². The van der Waals surface area contributed by atoms with Crippen molar-refractivity contribution in [3.63, 3.8) is 0 Å². The maximum Gasteiger partial charge on any atom is 0.315 e. The third kappa shape index (κ3) is 4.14. The van der Waals surface area contributed by atoms with Crippen LogP contribution in [0.1, 0.15) is 18.9 Å². The van der Waals surface area contributed by atoms with Crippen molar-refractivity contribution in [2.75, 3.05) is 6.61 Å². The molecule has 0 aliphatic carbocycles. The molecule has 0 radical (unpaired) electrons. The first-order chi connectivity index (χ1) is 7.22.